The molecule has 8 rings (SSSR count). The number of fused-ring (bicyclic) bond motifs is 5. The molecule has 10 heteroatoms. The highest BCUT2D eigenvalue weighted by Gasteiger charge is 2.41. The van der Waals surface area contributed by atoms with E-state index in [-0.39, 0.29) is 29.0 Å². The second kappa shape index (κ2) is 11.9. The molecule has 0 bridgehead atoms. The summed E-state index contributed by atoms with van der Waals surface area (Å²) >= 11 is 4.86. The van der Waals surface area contributed by atoms with Crippen LogP contribution in [0.15, 0.2) is 48.5 Å². The number of anilines is 1. The first-order valence-corrected chi connectivity index (χ1v) is 17.7. The van der Waals surface area contributed by atoms with Crippen LogP contribution in [0.25, 0.3) is 10.9 Å². The number of hydrogen-bond donors (Lipinski definition) is 3. The lowest BCUT2D eigenvalue weighted by Gasteiger charge is -2.39. The molecule has 4 aromatic rings. The summed E-state index contributed by atoms with van der Waals surface area (Å²) in [6.07, 6.45) is 1.72. The zero-order valence-corrected chi connectivity index (χ0v) is 29.0. The Morgan fingerprint density at radius 1 is 1.02 bits per heavy atom. The van der Waals surface area contributed by atoms with Crippen LogP contribution in [0.5, 0.6) is 0 Å². The fourth-order valence-electron chi connectivity index (χ4n) is 8.45. The summed E-state index contributed by atoms with van der Waals surface area (Å²) < 4.78 is 0. The molecule has 2 saturated heterocycles. The van der Waals surface area contributed by atoms with Crippen molar-refractivity contribution in [3.05, 3.63) is 98.7 Å². The van der Waals surface area contributed by atoms with E-state index in [9.17, 15) is 19.6 Å². The molecular weight excluding hydrogens is 633 g/mol. The van der Waals surface area contributed by atoms with Gasteiger partial charge in [-0.3, -0.25) is 29.5 Å². The number of aryl methyl sites for hydroxylation is 1. The number of amides is 2. The van der Waals surface area contributed by atoms with Crippen LogP contribution in [0.4, 0.5) is 5.69 Å². The average Bonchev–Trinajstić information content (AvgIpc) is 3.65. The van der Waals surface area contributed by atoms with Crippen molar-refractivity contribution < 1.29 is 14.4 Å². The predicted molar refractivity (Wildman–Crippen MR) is 192 cm³/mol. The third kappa shape index (κ3) is 5.18. The standard InChI is InChI=1S/C39H40N6O3S/c1-4-24-17-28-29(39(2,3)36-34(35(28)47)27-8-5-22(19-40)16-30(27)41-36)18-32(24)44-13-11-43(12-14-44)20-23-6-7-26-25(15-23)21-45(38(26)49)31-9-10-33(46)42-37(31)48/h5-8,15-18,31,38,41,49H,4,9-14,20-21H2,1-3H3,(H,42,46,48). The zero-order valence-electron chi connectivity index (χ0n) is 28.1. The van der Waals surface area contributed by atoms with Crippen molar-refractivity contribution in [2.75, 3.05) is 31.1 Å². The van der Waals surface area contributed by atoms with Gasteiger partial charge in [0.15, 0.2) is 5.78 Å². The number of H-pyrrole nitrogens is 1. The minimum absolute atomic E-state index is 0.0464. The fourth-order valence-corrected chi connectivity index (χ4v) is 8.94. The number of imide groups is 1. The van der Waals surface area contributed by atoms with Gasteiger partial charge in [0.1, 0.15) is 0 Å². The lowest BCUT2D eigenvalue weighted by atomic mass is 9.70. The fraction of sp³-hybridized carbons (Fsp3) is 0.385. The number of nitrogens with one attached hydrogen (secondary N) is 2. The van der Waals surface area contributed by atoms with E-state index in [0.717, 1.165) is 78.0 Å². The van der Waals surface area contributed by atoms with Crippen molar-refractivity contribution in [1.82, 2.24) is 20.1 Å². The van der Waals surface area contributed by atoms with Gasteiger partial charge in [-0.25, -0.2) is 0 Å². The highest BCUT2D eigenvalue weighted by atomic mass is 32.1. The normalized spacial score (nSPS) is 22.1. The molecule has 1 aromatic heterocycles. The Hall–Kier alpha value is -4.43. The molecule has 2 amide bonds. The third-order valence-corrected chi connectivity index (χ3v) is 11.8. The molecule has 49 heavy (non-hydrogen) atoms. The molecule has 3 aliphatic heterocycles. The Morgan fingerprint density at radius 2 is 1.82 bits per heavy atom. The average molecular weight is 673 g/mol. The summed E-state index contributed by atoms with van der Waals surface area (Å²) in [5, 5.41) is 12.6. The van der Waals surface area contributed by atoms with E-state index in [1.54, 1.807) is 6.07 Å². The van der Waals surface area contributed by atoms with Crippen LogP contribution >= 0.6 is 12.6 Å². The Balaban J connectivity index is 0.988. The molecule has 2 fully saturated rings. The van der Waals surface area contributed by atoms with Crippen LogP contribution in [0.2, 0.25) is 0 Å². The van der Waals surface area contributed by atoms with Crippen LogP contribution in [-0.4, -0.2) is 64.6 Å². The van der Waals surface area contributed by atoms with Crippen LogP contribution in [0.1, 0.15) is 94.0 Å². The number of rotatable bonds is 5. The van der Waals surface area contributed by atoms with Crippen molar-refractivity contribution in [3.8, 4) is 6.07 Å². The van der Waals surface area contributed by atoms with Crippen molar-refractivity contribution in [2.45, 2.75) is 70.0 Å². The molecule has 4 aliphatic rings. The summed E-state index contributed by atoms with van der Waals surface area (Å²) in [6, 6.07) is 18.4. The number of nitriles is 1. The van der Waals surface area contributed by atoms with Crippen LogP contribution in [-0.2, 0) is 34.5 Å². The number of aromatic nitrogens is 1. The number of carbonyl (C=O) groups excluding carboxylic acids is 3. The highest BCUT2D eigenvalue weighted by Crippen LogP contribution is 2.46. The smallest absolute Gasteiger partial charge is 0.243 e. The molecule has 9 nitrogen and oxygen atoms in total. The van der Waals surface area contributed by atoms with Gasteiger partial charge >= 0.3 is 0 Å². The quantitative estimate of drug-likeness (QED) is 0.194. The van der Waals surface area contributed by atoms with Gasteiger partial charge in [0.25, 0.3) is 0 Å². The number of piperidine rings is 1. The number of thiol groups is 1. The lowest BCUT2D eigenvalue weighted by Crippen LogP contribution is -2.51. The summed E-state index contributed by atoms with van der Waals surface area (Å²) in [4.78, 5) is 48.9. The van der Waals surface area contributed by atoms with Crippen LogP contribution in [0, 0.1) is 11.3 Å². The van der Waals surface area contributed by atoms with Crippen LogP contribution in [0.3, 0.4) is 0 Å². The largest absolute Gasteiger partial charge is 0.369 e. The van der Waals surface area contributed by atoms with E-state index < -0.39 is 5.41 Å². The molecule has 2 atom stereocenters. The third-order valence-electron chi connectivity index (χ3n) is 11.2. The van der Waals surface area contributed by atoms with Gasteiger partial charge in [-0.2, -0.15) is 17.9 Å². The number of ketones is 1. The van der Waals surface area contributed by atoms with E-state index in [2.05, 4.69) is 82.2 Å². The molecule has 2 unspecified atom stereocenters. The van der Waals surface area contributed by atoms with E-state index in [1.807, 2.05) is 12.1 Å². The molecule has 0 radical (unpaired) electrons. The van der Waals surface area contributed by atoms with Crippen molar-refractivity contribution in [2.24, 2.45) is 0 Å². The number of piperazine rings is 1. The number of benzene rings is 3. The van der Waals surface area contributed by atoms with Crippen molar-refractivity contribution >= 4 is 46.8 Å². The molecule has 4 heterocycles. The molecule has 0 saturated carbocycles. The maximum Gasteiger partial charge on any atom is 0.243 e. The highest BCUT2D eigenvalue weighted by molar-refractivity contribution is 7.80. The summed E-state index contributed by atoms with van der Waals surface area (Å²) in [7, 11) is 0. The minimum atomic E-state index is -0.416. The molecule has 250 valence electrons. The molecule has 0 spiro atoms. The Kier molecular flexibility index (Phi) is 7.70. The number of nitrogens with zero attached hydrogens (tertiary/aromatic N) is 4. The number of hydrogen-bond acceptors (Lipinski definition) is 8. The van der Waals surface area contributed by atoms with E-state index in [1.165, 1.54) is 22.4 Å². The van der Waals surface area contributed by atoms with Gasteiger partial charge in [-0.15, -0.1) is 0 Å². The molecule has 1 aliphatic carbocycles. The number of aromatic amines is 1. The molecular formula is C39H40N6O3S. The monoisotopic (exact) mass is 672 g/mol. The van der Waals surface area contributed by atoms with E-state index in [4.69, 9.17) is 12.6 Å². The van der Waals surface area contributed by atoms with Gasteiger partial charge < -0.3 is 9.88 Å². The second-order valence-corrected chi connectivity index (χ2v) is 14.9. The lowest BCUT2D eigenvalue weighted by molar-refractivity contribution is -0.137. The predicted octanol–water partition coefficient (Wildman–Crippen LogP) is 5.34. The van der Waals surface area contributed by atoms with Crippen LogP contribution < -0.4 is 10.2 Å². The topological polar surface area (TPSA) is 113 Å². The first-order valence-electron chi connectivity index (χ1n) is 17.2. The first-order chi connectivity index (χ1) is 23.6. The van der Waals surface area contributed by atoms with Gasteiger partial charge in [0.05, 0.1) is 28.6 Å². The van der Waals surface area contributed by atoms with Crippen molar-refractivity contribution in [3.63, 3.8) is 0 Å². The van der Waals surface area contributed by atoms with Gasteiger partial charge in [0, 0.05) is 79.0 Å². The summed E-state index contributed by atoms with van der Waals surface area (Å²) in [5.41, 5.74) is 10.4. The van der Waals surface area contributed by atoms with E-state index in [0.29, 0.717) is 24.9 Å². The van der Waals surface area contributed by atoms with Gasteiger partial charge in [-0.05, 0) is 64.9 Å². The summed E-state index contributed by atoms with van der Waals surface area (Å²) in [6.45, 7) is 11.6. The zero-order chi connectivity index (χ0) is 34.2. The minimum Gasteiger partial charge on any atom is -0.369 e. The molecule has 3 aromatic carbocycles. The van der Waals surface area contributed by atoms with Gasteiger partial charge in [-0.1, -0.05) is 45.0 Å². The SMILES string of the molecule is CCc1cc2c(cc1N1CCN(Cc3ccc4c(c3)CN(C3CCC(=O)NC3=O)C4S)CC1)C(C)(C)c1[nH]c3cc(C#N)ccc3c1C2=O. The Labute approximate surface area is 291 Å². The maximum absolute atomic E-state index is 14.1. The van der Waals surface area contributed by atoms with E-state index >= 15 is 0 Å². The van der Waals surface area contributed by atoms with Crippen molar-refractivity contribution in [1.29, 1.82) is 5.26 Å². The molecule has 2 N–H and O–H groups in total. The Bertz CT molecular complexity index is 2100. The van der Waals surface area contributed by atoms with Gasteiger partial charge in [0.2, 0.25) is 11.8 Å². The summed E-state index contributed by atoms with van der Waals surface area (Å²) in [5.74, 6) is -0.377. The number of carbonyl (C=O) groups is 3. The Morgan fingerprint density at radius 3 is 2.55 bits per heavy atom. The second-order valence-electron chi connectivity index (χ2n) is 14.4. The first kappa shape index (κ1) is 31.8. The maximum atomic E-state index is 14.1.